The highest BCUT2D eigenvalue weighted by atomic mass is 16.5. The second-order valence-corrected chi connectivity index (χ2v) is 23.2. The van der Waals surface area contributed by atoms with Crippen molar-refractivity contribution in [3.8, 4) is 0 Å². The lowest BCUT2D eigenvalue weighted by molar-refractivity contribution is -0.143. The number of nitrogens with one attached hydrogen (secondary N) is 1. The molecule has 0 spiro atoms. The van der Waals surface area contributed by atoms with Gasteiger partial charge >= 0.3 is 5.97 Å². The molecule has 0 aromatic heterocycles. The van der Waals surface area contributed by atoms with Crippen molar-refractivity contribution in [3.05, 3.63) is 24.3 Å². The monoisotopic (exact) mass is 1040 g/mol. The Morgan fingerprint density at radius 2 is 0.635 bits per heavy atom. The molecule has 0 saturated heterocycles. The Morgan fingerprint density at radius 1 is 0.365 bits per heavy atom. The Kier molecular flexibility index (Phi) is 62.4. The maximum atomic E-state index is 12.5. The number of aliphatic hydroxyl groups is 2. The lowest BCUT2D eigenvalue weighted by Gasteiger charge is -2.20. The SMILES string of the molecule is CCCCC/C=C\CCCCCCCC(=O)OCCCCCCCCCCCCCCCCCCCCCCC(=O)NC(CO)C(O)/C=C/CCCCCCCCCCCCCCCCCCCCCCCCC. The summed E-state index contributed by atoms with van der Waals surface area (Å²) in [6.07, 6.45) is 79.5. The summed E-state index contributed by atoms with van der Waals surface area (Å²) in [4.78, 5) is 24.5. The van der Waals surface area contributed by atoms with Gasteiger partial charge in [0.15, 0.2) is 0 Å². The van der Waals surface area contributed by atoms with Crippen LogP contribution in [0.25, 0.3) is 0 Å². The average Bonchev–Trinajstić information content (AvgIpc) is 3.40. The Morgan fingerprint density at radius 3 is 0.986 bits per heavy atom. The number of allylic oxidation sites excluding steroid dienone is 3. The summed E-state index contributed by atoms with van der Waals surface area (Å²) < 4.78 is 5.47. The van der Waals surface area contributed by atoms with Gasteiger partial charge in [-0.25, -0.2) is 0 Å². The zero-order chi connectivity index (χ0) is 53.6. The number of carbonyl (C=O) groups is 2. The number of aliphatic hydroxyl groups excluding tert-OH is 2. The van der Waals surface area contributed by atoms with Gasteiger partial charge in [0, 0.05) is 12.8 Å². The first-order chi connectivity index (χ1) is 36.5. The third-order valence-electron chi connectivity index (χ3n) is 15.7. The predicted molar refractivity (Wildman–Crippen MR) is 324 cm³/mol. The normalized spacial score (nSPS) is 12.6. The molecule has 2 atom stereocenters. The van der Waals surface area contributed by atoms with Crippen LogP contribution in [0, 0.1) is 0 Å². The Bertz CT molecular complexity index is 1150. The molecule has 0 fully saturated rings. The van der Waals surface area contributed by atoms with E-state index in [1.54, 1.807) is 6.08 Å². The molecule has 0 aliphatic heterocycles. The molecule has 6 heteroatoms. The first-order valence-electron chi connectivity index (χ1n) is 33.6. The number of ether oxygens (including phenoxy) is 1. The molecule has 0 aromatic rings. The second-order valence-electron chi connectivity index (χ2n) is 23.2. The van der Waals surface area contributed by atoms with Gasteiger partial charge < -0.3 is 20.3 Å². The van der Waals surface area contributed by atoms with E-state index >= 15 is 0 Å². The summed E-state index contributed by atoms with van der Waals surface area (Å²) in [6.45, 7) is 4.91. The van der Waals surface area contributed by atoms with Crippen molar-refractivity contribution in [2.24, 2.45) is 0 Å². The van der Waals surface area contributed by atoms with E-state index in [0.717, 1.165) is 44.9 Å². The van der Waals surface area contributed by atoms with Crippen molar-refractivity contribution in [1.82, 2.24) is 5.32 Å². The standard InChI is InChI=1S/C68H131NO5/c1-3-5-7-9-11-13-15-17-18-19-20-21-22-23-24-25-28-31-34-37-40-44-48-52-56-60-66(71)65(64-70)69-67(72)61-57-53-49-45-41-38-35-32-29-26-27-30-33-36-39-43-47-51-55-59-63-74-68(73)62-58-54-50-46-42-16-14-12-10-8-6-4-2/h12,14,56,60,65-66,70-71H,3-11,13,15-55,57-59,61-64H2,1-2H3,(H,69,72)/b14-12-,60-56+. The number of amides is 1. The van der Waals surface area contributed by atoms with Crippen LogP contribution in [-0.4, -0.2) is 47.4 Å². The van der Waals surface area contributed by atoms with Gasteiger partial charge in [0.2, 0.25) is 5.91 Å². The number of unbranched alkanes of at least 4 members (excludes halogenated alkanes) is 50. The third kappa shape index (κ3) is 59.6. The molecule has 3 N–H and O–H groups in total. The van der Waals surface area contributed by atoms with Gasteiger partial charge in [-0.05, 0) is 57.8 Å². The smallest absolute Gasteiger partial charge is 0.305 e. The van der Waals surface area contributed by atoms with Crippen LogP contribution in [0.5, 0.6) is 0 Å². The van der Waals surface area contributed by atoms with E-state index < -0.39 is 12.1 Å². The summed E-state index contributed by atoms with van der Waals surface area (Å²) in [5, 5.41) is 23.3. The molecule has 74 heavy (non-hydrogen) atoms. The van der Waals surface area contributed by atoms with Gasteiger partial charge in [0.1, 0.15) is 0 Å². The summed E-state index contributed by atoms with van der Waals surface area (Å²) >= 11 is 0. The highest BCUT2D eigenvalue weighted by molar-refractivity contribution is 5.76. The van der Waals surface area contributed by atoms with Gasteiger partial charge in [-0.15, -0.1) is 0 Å². The van der Waals surface area contributed by atoms with Crippen LogP contribution in [0.3, 0.4) is 0 Å². The Labute approximate surface area is 462 Å². The molecule has 0 rings (SSSR count). The molecule has 0 aliphatic carbocycles. The molecular formula is C68H131NO5. The van der Waals surface area contributed by atoms with Crippen molar-refractivity contribution in [1.29, 1.82) is 0 Å². The minimum absolute atomic E-state index is 0.000562. The van der Waals surface area contributed by atoms with Crippen LogP contribution < -0.4 is 5.32 Å². The van der Waals surface area contributed by atoms with Gasteiger partial charge in [0.05, 0.1) is 25.4 Å². The molecular weight excluding hydrogens is 911 g/mol. The van der Waals surface area contributed by atoms with Crippen LogP contribution in [0.4, 0.5) is 0 Å². The molecule has 438 valence electrons. The molecule has 0 aromatic carbocycles. The number of esters is 1. The Hall–Kier alpha value is -1.66. The summed E-state index contributed by atoms with van der Waals surface area (Å²) in [5.41, 5.74) is 0. The van der Waals surface area contributed by atoms with Crippen LogP contribution in [0.2, 0.25) is 0 Å². The van der Waals surface area contributed by atoms with E-state index in [4.69, 9.17) is 4.74 Å². The van der Waals surface area contributed by atoms with E-state index in [1.165, 1.54) is 302 Å². The number of rotatable bonds is 63. The van der Waals surface area contributed by atoms with Crippen LogP contribution in [0.1, 0.15) is 373 Å². The molecule has 0 heterocycles. The predicted octanol–water partition coefficient (Wildman–Crippen LogP) is 21.4. The molecule has 1 amide bonds. The maximum Gasteiger partial charge on any atom is 0.305 e. The quantitative estimate of drug-likeness (QED) is 0.0320. The molecule has 2 unspecified atom stereocenters. The number of carbonyl (C=O) groups excluding carboxylic acids is 2. The summed E-state index contributed by atoms with van der Waals surface area (Å²) in [5.74, 6) is -0.0652. The minimum Gasteiger partial charge on any atom is -0.466 e. The van der Waals surface area contributed by atoms with Crippen LogP contribution in [-0.2, 0) is 14.3 Å². The van der Waals surface area contributed by atoms with Gasteiger partial charge in [0.25, 0.3) is 0 Å². The highest BCUT2D eigenvalue weighted by Crippen LogP contribution is 2.18. The summed E-state index contributed by atoms with van der Waals surface area (Å²) in [7, 11) is 0. The average molecular weight is 1040 g/mol. The first-order valence-corrected chi connectivity index (χ1v) is 33.6. The van der Waals surface area contributed by atoms with Gasteiger partial charge in [-0.2, -0.15) is 0 Å². The number of hydrogen-bond donors (Lipinski definition) is 3. The molecule has 0 radical (unpaired) electrons. The molecule has 6 nitrogen and oxygen atoms in total. The Balaban J connectivity index is 3.43. The van der Waals surface area contributed by atoms with Gasteiger partial charge in [-0.1, -0.05) is 327 Å². The van der Waals surface area contributed by atoms with Crippen molar-refractivity contribution in [3.63, 3.8) is 0 Å². The van der Waals surface area contributed by atoms with Crippen molar-refractivity contribution in [2.75, 3.05) is 13.2 Å². The molecule has 0 saturated carbocycles. The zero-order valence-corrected chi connectivity index (χ0v) is 50.1. The highest BCUT2D eigenvalue weighted by Gasteiger charge is 2.18. The zero-order valence-electron chi connectivity index (χ0n) is 50.1. The van der Waals surface area contributed by atoms with E-state index in [2.05, 4.69) is 31.3 Å². The van der Waals surface area contributed by atoms with Crippen molar-refractivity contribution >= 4 is 11.9 Å². The second kappa shape index (κ2) is 63.9. The van der Waals surface area contributed by atoms with E-state index in [-0.39, 0.29) is 18.5 Å². The molecule has 0 aliphatic rings. The molecule has 0 bridgehead atoms. The fraction of sp³-hybridized carbons (Fsp3) is 0.912. The lowest BCUT2D eigenvalue weighted by Crippen LogP contribution is -2.45. The van der Waals surface area contributed by atoms with Crippen LogP contribution in [0.15, 0.2) is 24.3 Å². The number of hydrogen-bond acceptors (Lipinski definition) is 5. The van der Waals surface area contributed by atoms with E-state index in [1.807, 2.05) is 6.08 Å². The van der Waals surface area contributed by atoms with Crippen molar-refractivity contribution in [2.45, 2.75) is 386 Å². The largest absolute Gasteiger partial charge is 0.466 e. The van der Waals surface area contributed by atoms with E-state index in [9.17, 15) is 19.8 Å². The van der Waals surface area contributed by atoms with Crippen LogP contribution >= 0.6 is 0 Å². The minimum atomic E-state index is -0.847. The third-order valence-corrected chi connectivity index (χ3v) is 15.7. The van der Waals surface area contributed by atoms with Gasteiger partial charge in [-0.3, -0.25) is 9.59 Å². The fourth-order valence-corrected chi connectivity index (χ4v) is 10.6. The van der Waals surface area contributed by atoms with Crippen molar-refractivity contribution < 1.29 is 24.5 Å². The summed E-state index contributed by atoms with van der Waals surface area (Å²) in [6, 6.07) is -0.631. The van der Waals surface area contributed by atoms with E-state index in [0.29, 0.717) is 19.4 Å². The first kappa shape index (κ1) is 72.3. The lowest BCUT2D eigenvalue weighted by atomic mass is 10.0. The fourth-order valence-electron chi connectivity index (χ4n) is 10.6. The topological polar surface area (TPSA) is 95.9 Å². The maximum absolute atomic E-state index is 12.5.